The minimum Gasteiger partial charge on any atom is -0.387 e. The minimum atomic E-state index is -3.77. The normalized spacial score (nSPS) is 12.6. The maximum Gasteiger partial charge on any atom is 0.240 e. The van der Waals surface area contributed by atoms with Crippen LogP contribution in [-0.4, -0.2) is 20.1 Å². The maximum atomic E-state index is 12.8. The smallest absolute Gasteiger partial charge is 0.240 e. The minimum absolute atomic E-state index is 0.0468. The molecule has 23 heavy (non-hydrogen) atoms. The zero-order valence-electron chi connectivity index (χ0n) is 12.1. The first-order valence-electron chi connectivity index (χ1n) is 6.81. The fourth-order valence-corrected chi connectivity index (χ4v) is 2.99. The molecule has 0 amide bonds. The summed E-state index contributed by atoms with van der Waals surface area (Å²) in [6, 6.07) is 13.1. The van der Waals surface area contributed by atoms with E-state index in [1.165, 1.54) is 36.4 Å². The van der Waals surface area contributed by atoms with E-state index in [1.807, 2.05) is 6.07 Å². The third-order valence-electron chi connectivity index (χ3n) is 3.24. The summed E-state index contributed by atoms with van der Waals surface area (Å²) in [5, 5.41) is 18.5. The van der Waals surface area contributed by atoms with E-state index in [-0.39, 0.29) is 17.9 Å². The summed E-state index contributed by atoms with van der Waals surface area (Å²) >= 11 is 0. The number of aliphatic hydroxyl groups excluding tert-OH is 1. The maximum absolute atomic E-state index is 12.8. The molecule has 1 unspecified atom stereocenters. The highest BCUT2D eigenvalue weighted by molar-refractivity contribution is 7.89. The topological polar surface area (TPSA) is 90.2 Å². The second-order valence-corrected chi connectivity index (χ2v) is 6.67. The van der Waals surface area contributed by atoms with Crippen LogP contribution in [0.2, 0.25) is 0 Å². The van der Waals surface area contributed by atoms with Gasteiger partial charge in [0.2, 0.25) is 10.0 Å². The lowest BCUT2D eigenvalue weighted by atomic mass is 10.1. The van der Waals surface area contributed by atoms with Crippen LogP contribution in [-0.2, 0) is 16.4 Å². The first-order chi connectivity index (χ1) is 10.9. The van der Waals surface area contributed by atoms with Crippen molar-refractivity contribution in [2.24, 2.45) is 0 Å². The summed E-state index contributed by atoms with van der Waals surface area (Å²) in [6.07, 6.45) is -0.875. The average molecular weight is 334 g/mol. The molecule has 0 heterocycles. The van der Waals surface area contributed by atoms with Gasteiger partial charge in [0, 0.05) is 6.54 Å². The molecule has 1 atom stereocenters. The number of nitriles is 1. The highest BCUT2D eigenvalue weighted by Gasteiger charge is 2.16. The number of rotatable bonds is 6. The fraction of sp³-hybridized carbons (Fsp3) is 0.188. The highest BCUT2D eigenvalue weighted by atomic mass is 32.2. The lowest BCUT2D eigenvalue weighted by molar-refractivity contribution is 0.182. The van der Waals surface area contributed by atoms with E-state index in [1.54, 1.807) is 12.1 Å². The Hall–Kier alpha value is -2.27. The van der Waals surface area contributed by atoms with Crippen LogP contribution in [0.15, 0.2) is 53.4 Å². The second-order valence-electron chi connectivity index (χ2n) is 4.90. The van der Waals surface area contributed by atoms with E-state index in [2.05, 4.69) is 4.72 Å². The van der Waals surface area contributed by atoms with Crippen LogP contribution >= 0.6 is 0 Å². The molecule has 0 fully saturated rings. The van der Waals surface area contributed by atoms with E-state index < -0.39 is 21.9 Å². The van der Waals surface area contributed by atoms with Crippen LogP contribution in [0.1, 0.15) is 17.2 Å². The summed E-state index contributed by atoms with van der Waals surface area (Å²) < 4.78 is 39.4. The van der Waals surface area contributed by atoms with E-state index >= 15 is 0 Å². The van der Waals surface area contributed by atoms with Crippen LogP contribution < -0.4 is 4.72 Å². The number of hydrogen-bond donors (Lipinski definition) is 2. The molecule has 0 saturated heterocycles. The van der Waals surface area contributed by atoms with Crippen molar-refractivity contribution in [3.05, 3.63) is 65.5 Å². The first-order valence-corrected chi connectivity index (χ1v) is 8.30. The molecule has 2 aromatic carbocycles. The van der Waals surface area contributed by atoms with Crippen molar-refractivity contribution in [2.45, 2.75) is 17.4 Å². The SMILES string of the molecule is N#CCc1ccc(S(=O)(=O)NCC(O)c2ccc(F)cc2)cc1. The van der Waals surface area contributed by atoms with Crippen molar-refractivity contribution >= 4 is 10.0 Å². The Morgan fingerprint density at radius 1 is 1.13 bits per heavy atom. The predicted molar refractivity (Wildman–Crippen MR) is 82.3 cm³/mol. The number of halogens is 1. The Bertz CT molecular complexity index is 797. The van der Waals surface area contributed by atoms with Gasteiger partial charge in [-0.05, 0) is 35.4 Å². The largest absolute Gasteiger partial charge is 0.387 e. The van der Waals surface area contributed by atoms with Gasteiger partial charge in [0.1, 0.15) is 5.82 Å². The van der Waals surface area contributed by atoms with Crippen molar-refractivity contribution < 1.29 is 17.9 Å². The van der Waals surface area contributed by atoms with E-state index in [4.69, 9.17) is 5.26 Å². The molecular formula is C16H15FN2O3S. The van der Waals surface area contributed by atoms with Crippen molar-refractivity contribution in [1.82, 2.24) is 4.72 Å². The summed E-state index contributed by atoms with van der Waals surface area (Å²) in [4.78, 5) is 0.0468. The fourth-order valence-electron chi connectivity index (χ4n) is 1.95. The van der Waals surface area contributed by atoms with Crippen LogP contribution in [0, 0.1) is 17.1 Å². The van der Waals surface area contributed by atoms with E-state index in [0.29, 0.717) is 5.56 Å². The third-order valence-corrected chi connectivity index (χ3v) is 4.68. The molecule has 0 aliphatic rings. The highest BCUT2D eigenvalue weighted by Crippen LogP contribution is 2.15. The van der Waals surface area contributed by atoms with Crippen LogP contribution in [0.3, 0.4) is 0 Å². The molecular weight excluding hydrogens is 319 g/mol. The lowest BCUT2D eigenvalue weighted by Crippen LogP contribution is -2.28. The van der Waals surface area contributed by atoms with Gasteiger partial charge in [-0.2, -0.15) is 5.26 Å². The Balaban J connectivity index is 2.03. The van der Waals surface area contributed by atoms with Gasteiger partial charge in [-0.25, -0.2) is 17.5 Å². The van der Waals surface area contributed by atoms with Gasteiger partial charge in [0.25, 0.3) is 0 Å². The van der Waals surface area contributed by atoms with Crippen molar-refractivity contribution in [1.29, 1.82) is 5.26 Å². The summed E-state index contributed by atoms with van der Waals surface area (Å²) in [5.41, 5.74) is 1.14. The molecule has 0 aliphatic carbocycles. The zero-order chi connectivity index (χ0) is 16.9. The Morgan fingerprint density at radius 3 is 2.30 bits per heavy atom. The molecule has 0 aromatic heterocycles. The molecule has 0 bridgehead atoms. The van der Waals surface area contributed by atoms with Gasteiger partial charge < -0.3 is 5.11 Å². The van der Waals surface area contributed by atoms with Gasteiger partial charge in [0.15, 0.2) is 0 Å². The Kier molecular flexibility index (Phi) is 5.45. The van der Waals surface area contributed by atoms with Crippen LogP contribution in [0.4, 0.5) is 4.39 Å². The number of benzene rings is 2. The predicted octanol–water partition coefficient (Wildman–Crippen LogP) is 1.90. The third kappa shape index (κ3) is 4.60. The first kappa shape index (κ1) is 17.1. The van der Waals surface area contributed by atoms with Crippen molar-refractivity contribution in [2.75, 3.05) is 6.54 Å². The zero-order valence-corrected chi connectivity index (χ0v) is 12.9. The average Bonchev–Trinajstić information content (AvgIpc) is 2.54. The number of hydrogen-bond acceptors (Lipinski definition) is 4. The molecule has 2 aromatic rings. The van der Waals surface area contributed by atoms with Gasteiger partial charge >= 0.3 is 0 Å². The molecule has 2 N–H and O–H groups in total. The van der Waals surface area contributed by atoms with Crippen LogP contribution in [0.5, 0.6) is 0 Å². The molecule has 2 rings (SSSR count). The molecule has 5 nitrogen and oxygen atoms in total. The lowest BCUT2D eigenvalue weighted by Gasteiger charge is -2.13. The Labute approximate surface area is 134 Å². The second kappa shape index (κ2) is 7.33. The standard InChI is InChI=1S/C16H15FN2O3S/c17-14-5-3-13(4-6-14)16(20)11-19-23(21,22)15-7-1-12(2-8-15)9-10-18/h1-8,16,19-20H,9,11H2. The van der Waals surface area contributed by atoms with E-state index in [0.717, 1.165) is 5.56 Å². The number of nitrogens with one attached hydrogen (secondary N) is 1. The molecule has 0 spiro atoms. The van der Waals surface area contributed by atoms with Crippen LogP contribution in [0.25, 0.3) is 0 Å². The van der Waals surface area contributed by atoms with Gasteiger partial charge in [-0.15, -0.1) is 0 Å². The van der Waals surface area contributed by atoms with Crippen molar-refractivity contribution in [3.63, 3.8) is 0 Å². The molecule has 7 heteroatoms. The quantitative estimate of drug-likeness (QED) is 0.844. The Morgan fingerprint density at radius 2 is 1.74 bits per heavy atom. The molecule has 120 valence electrons. The van der Waals surface area contributed by atoms with Gasteiger partial charge in [0.05, 0.1) is 23.5 Å². The van der Waals surface area contributed by atoms with Gasteiger partial charge in [-0.3, -0.25) is 0 Å². The van der Waals surface area contributed by atoms with Gasteiger partial charge in [-0.1, -0.05) is 24.3 Å². The molecule has 0 radical (unpaired) electrons. The summed E-state index contributed by atoms with van der Waals surface area (Å²) in [6.45, 7) is -0.228. The van der Waals surface area contributed by atoms with E-state index in [9.17, 15) is 17.9 Å². The monoisotopic (exact) mass is 334 g/mol. The number of sulfonamides is 1. The summed E-state index contributed by atoms with van der Waals surface area (Å²) in [7, 11) is -3.77. The molecule has 0 saturated carbocycles. The summed E-state index contributed by atoms with van der Waals surface area (Å²) in [5.74, 6) is -0.431. The molecule has 0 aliphatic heterocycles. The number of aliphatic hydroxyl groups is 1. The number of nitrogens with zero attached hydrogens (tertiary/aromatic N) is 1. The van der Waals surface area contributed by atoms with Crippen molar-refractivity contribution in [3.8, 4) is 6.07 Å².